The predicted molar refractivity (Wildman–Crippen MR) is 114 cm³/mol. The molecule has 2 atom stereocenters. The lowest BCUT2D eigenvalue weighted by molar-refractivity contribution is -0.147. The summed E-state index contributed by atoms with van der Waals surface area (Å²) in [6.45, 7) is 5.91. The minimum Gasteiger partial charge on any atom is -0.462 e. The molecule has 0 saturated carbocycles. The number of aromatic nitrogens is 1. The van der Waals surface area contributed by atoms with Crippen LogP contribution in [-0.2, 0) is 25.5 Å². The number of para-hydroxylation sites is 1. The minimum absolute atomic E-state index is 0.0535. The first-order valence-corrected chi connectivity index (χ1v) is 11.0. The van der Waals surface area contributed by atoms with Crippen LogP contribution in [-0.4, -0.2) is 47.7 Å². The number of benzene rings is 1. The normalized spacial score (nSPS) is 24.9. The summed E-state index contributed by atoms with van der Waals surface area (Å²) in [4.78, 5) is 26.8. The van der Waals surface area contributed by atoms with Crippen molar-refractivity contribution in [3.05, 3.63) is 41.6 Å². The molecule has 0 spiro atoms. The van der Waals surface area contributed by atoms with Crippen LogP contribution >= 0.6 is 0 Å². The number of esters is 2. The summed E-state index contributed by atoms with van der Waals surface area (Å²) in [6, 6.07) is 8.68. The van der Waals surface area contributed by atoms with Crippen molar-refractivity contribution >= 4 is 28.5 Å². The Morgan fingerprint density at radius 1 is 1.17 bits per heavy atom. The topological polar surface area (TPSA) is 60.8 Å². The molecule has 6 nitrogen and oxygen atoms in total. The summed E-state index contributed by atoms with van der Waals surface area (Å²) in [6.07, 6.45) is 6.40. The molecule has 1 fully saturated rings. The van der Waals surface area contributed by atoms with Crippen LogP contribution < -0.4 is 0 Å². The lowest BCUT2D eigenvalue weighted by Crippen LogP contribution is -2.51. The van der Waals surface area contributed by atoms with Crippen molar-refractivity contribution in [1.82, 2.24) is 9.47 Å². The fourth-order valence-corrected chi connectivity index (χ4v) is 5.82. The van der Waals surface area contributed by atoms with E-state index in [1.165, 1.54) is 23.6 Å². The van der Waals surface area contributed by atoms with Gasteiger partial charge >= 0.3 is 11.9 Å². The van der Waals surface area contributed by atoms with Crippen molar-refractivity contribution in [2.75, 3.05) is 26.3 Å². The maximum absolute atomic E-state index is 13.2. The Hall–Kier alpha value is -2.60. The molecule has 0 radical (unpaired) electrons. The zero-order valence-electron chi connectivity index (χ0n) is 17.6. The van der Waals surface area contributed by atoms with E-state index in [9.17, 15) is 9.59 Å². The number of rotatable bonds is 5. The van der Waals surface area contributed by atoms with Crippen molar-refractivity contribution in [2.45, 2.75) is 45.6 Å². The van der Waals surface area contributed by atoms with Gasteiger partial charge in [-0.3, -0.25) is 9.69 Å². The van der Waals surface area contributed by atoms with Gasteiger partial charge in [0, 0.05) is 30.0 Å². The van der Waals surface area contributed by atoms with E-state index in [1.807, 2.05) is 6.07 Å². The summed E-state index contributed by atoms with van der Waals surface area (Å²) >= 11 is 0. The van der Waals surface area contributed by atoms with Gasteiger partial charge in [0.25, 0.3) is 0 Å². The summed E-state index contributed by atoms with van der Waals surface area (Å²) in [7, 11) is 0. The molecule has 1 saturated heterocycles. The molecule has 0 aliphatic carbocycles. The second-order valence-electron chi connectivity index (χ2n) is 8.60. The molecule has 2 aromatic rings. The zero-order chi connectivity index (χ0) is 20.9. The summed E-state index contributed by atoms with van der Waals surface area (Å²) in [5, 5.41) is 1.24. The fraction of sp³-hybridized carbons (Fsp3) is 0.500. The maximum Gasteiger partial charge on any atom is 0.355 e. The van der Waals surface area contributed by atoms with Gasteiger partial charge in [-0.15, -0.1) is 0 Å². The quantitative estimate of drug-likeness (QED) is 0.558. The number of hydrogen-bond acceptors (Lipinski definition) is 5. The lowest BCUT2D eigenvalue weighted by atomic mass is 9.66. The van der Waals surface area contributed by atoms with Gasteiger partial charge in [0.15, 0.2) is 0 Å². The van der Waals surface area contributed by atoms with E-state index in [0.29, 0.717) is 11.7 Å². The molecule has 0 amide bonds. The lowest BCUT2D eigenvalue weighted by Gasteiger charge is -2.53. The first-order valence-electron chi connectivity index (χ1n) is 11.0. The van der Waals surface area contributed by atoms with E-state index < -0.39 is 0 Å². The second kappa shape index (κ2) is 7.27. The van der Waals surface area contributed by atoms with Gasteiger partial charge in [-0.1, -0.05) is 25.1 Å². The number of hydrogen-bond donors (Lipinski definition) is 0. The van der Waals surface area contributed by atoms with E-state index in [1.54, 1.807) is 0 Å². The van der Waals surface area contributed by atoms with Crippen molar-refractivity contribution < 1.29 is 19.1 Å². The van der Waals surface area contributed by atoms with Gasteiger partial charge in [0.05, 0.1) is 11.6 Å². The van der Waals surface area contributed by atoms with Gasteiger partial charge < -0.3 is 14.0 Å². The highest BCUT2D eigenvalue weighted by Gasteiger charge is 2.51. The highest BCUT2D eigenvalue weighted by molar-refractivity contribution is 6.13. The smallest absolute Gasteiger partial charge is 0.355 e. The highest BCUT2D eigenvalue weighted by Crippen LogP contribution is 2.57. The second-order valence-corrected chi connectivity index (χ2v) is 8.60. The molecule has 5 rings (SSSR count). The molecule has 0 N–H and O–H groups in total. The molecular weight excluding hydrogens is 380 g/mol. The number of piperidine rings is 1. The standard InChI is InChI=1S/C24H28N2O4/c1-3-24-10-6-11-25-12-9-18-17-7-4-5-8-19(17)26(21(18)22(24)25)20(15-24)23(28)30-14-13-29-16(2)27/h4-5,7-8,15,22H,3,6,9-14H2,1-2H3/t22-,24-/m1/s1. The molecule has 158 valence electrons. The first kappa shape index (κ1) is 19.4. The van der Waals surface area contributed by atoms with Gasteiger partial charge in [0.1, 0.15) is 18.9 Å². The van der Waals surface area contributed by atoms with E-state index in [4.69, 9.17) is 9.47 Å². The van der Waals surface area contributed by atoms with Crippen LogP contribution in [0.15, 0.2) is 30.3 Å². The van der Waals surface area contributed by atoms with Gasteiger partial charge in [0.2, 0.25) is 0 Å². The first-order chi connectivity index (χ1) is 14.6. The number of nitrogens with zero attached hydrogens (tertiary/aromatic N) is 2. The summed E-state index contributed by atoms with van der Waals surface area (Å²) in [5.41, 5.74) is 4.28. The van der Waals surface area contributed by atoms with Crippen molar-refractivity contribution in [3.8, 4) is 0 Å². The van der Waals surface area contributed by atoms with E-state index in [2.05, 4.69) is 40.7 Å². The third-order valence-corrected chi connectivity index (χ3v) is 7.08. The average molecular weight is 408 g/mol. The summed E-state index contributed by atoms with van der Waals surface area (Å²) < 4.78 is 12.6. The van der Waals surface area contributed by atoms with Crippen LogP contribution in [0.3, 0.4) is 0 Å². The Kier molecular flexibility index (Phi) is 4.69. The SMILES string of the molecule is CC[C@]12C=C(C(=O)OCCOC(C)=O)n3c4c(c5ccccc53)CCN(CCC1)[C@H]42. The van der Waals surface area contributed by atoms with Gasteiger partial charge in [-0.05, 0) is 49.9 Å². The van der Waals surface area contributed by atoms with Crippen molar-refractivity contribution in [1.29, 1.82) is 0 Å². The molecule has 3 aliphatic rings. The third-order valence-electron chi connectivity index (χ3n) is 7.08. The average Bonchev–Trinajstić information content (AvgIpc) is 3.10. The van der Waals surface area contributed by atoms with Gasteiger partial charge in [-0.25, -0.2) is 4.79 Å². The molecule has 3 aliphatic heterocycles. The molecule has 4 heterocycles. The molecule has 0 bridgehead atoms. The van der Waals surface area contributed by atoms with E-state index in [-0.39, 0.29) is 30.6 Å². The zero-order valence-corrected chi connectivity index (χ0v) is 17.6. The fourth-order valence-electron chi connectivity index (χ4n) is 5.82. The molecular formula is C24H28N2O4. The minimum atomic E-state index is -0.372. The Balaban J connectivity index is 1.62. The van der Waals surface area contributed by atoms with Crippen molar-refractivity contribution in [2.24, 2.45) is 5.41 Å². The number of ether oxygens (including phenoxy) is 2. The van der Waals surface area contributed by atoms with Crippen LogP contribution in [0.2, 0.25) is 0 Å². The Labute approximate surface area is 176 Å². The third kappa shape index (κ3) is 2.81. The van der Waals surface area contributed by atoms with Crippen LogP contribution in [0.4, 0.5) is 0 Å². The van der Waals surface area contributed by atoms with E-state index in [0.717, 1.165) is 44.3 Å². The monoisotopic (exact) mass is 408 g/mol. The Morgan fingerprint density at radius 3 is 2.77 bits per heavy atom. The predicted octanol–water partition coefficient (Wildman–Crippen LogP) is 3.69. The molecule has 30 heavy (non-hydrogen) atoms. The maximum atomic E-state index is 13.2. The Morgan fingerprint density at radius 2 is 1.97 bits per heavy atom. The molecule has 1 aromatic heterocycles. The van der Waals surface area contributed by atoms with E-state index >= 15 is 0 Å². The van der Waals surface area contributed by atoms with Crippen LogP contribution in [0.1, 0.15) is 50.4 Å². The van der Waals surface area contributed by atoms with Crippen molar-refractivity contribution in [3.63, 3.8) is 0 Å². The van der Waals surface area contributed by atoms with Gasteiger partial charge in [-0.2, -0.15) is 0 Å². The largest absolute Gasteiger partial charge is 0.462 e. The van der Waals surface area contributed by atoms with Crippen LogP contribution in [0.25, 0.3) is 16.6 Å². The van der Waals surface area contributed by atoms with Crippen LogP contribution in [0.5, 0.6) is 0 Å². The summed E-state index contributed by atoms with van der Waals surface area (Å²) in [5.74, 6) is -0.719. The number of carbonyl (C=O) groups is 2. The Bertz CT molecular complexity index is 1050. The molecule has 6 heteroatoms. The molecule has 0 unspecified atom stereocenters. The van der Waals surface area contributed by atoms with Crippen LogP contribution in [0, 0.1) is 5.41 Å². The number of carbonyl (C=O) groups excluding carboxylic acids is 2. The highest BCUT2D eigenvalue weighted by atomic mass is 16.6. The molecule has 1 aromatic carbocycles. The number of fused-ring (bicyclic) bond motifs is 3.